The molecule has 1 saturated heterocycles. The minimum Gasteiger partial charge on any atom is -0.305 e. The Morgan fingerprint density at radius 3 is 2.79 bits per heavy atom. The second-order valence-electron chi connectivity index (χ2n) is 9.19. The van der Waals surface area contributed by atoms with E-state index < -0.39 is 17.6 Å². The summed E-state index contributed by atoms with van der Waals surface area (Å²) in [5, 5.41) is 9.44. The van der Waals surface area contributed by atoms with E-state index in [1.54, 1.807) is 24.2 Å². The van der Waals surface area contributed by atoms with Crippen LogP contribution in [0, 0.1) is 11.2 Å². The van der Waals surface area contributed by atoms with Crippen molar-refractivity contribution < 1.29 is 17.6 Å². The summed E-state index contributed by atoms with van der Waals surface area (Å²) in [5.74, 6) is 0.964. The number of hydrogen-bond acceptors (Lipinski definition) is 5. The first-order valence-corrected chi connectivity index (χ1v) is 12.3. The van der Waals surface area contributed by atoms with Crippen LogP contribution in [0.3, 0.4) is 0 Å². The van der Waals surface area contributed by atoms with Gasteiger partial charge in [0.2, 0.25) is 0 Å². The van der Waals surface area contributed by atoms with Crippen molar-refractivity contribution in [1.82, 2.24) is 24.6 Å². The van der Waals surface area contributed by atoms with Gasteiger partial charge in [0.25, 0.3) is 0 Å². The molecule has 3 heterocycles. The topological polar surface area (TPSA) is 46.8 Å². The van der Waals surface area contributed by atoms with E-state index in [9.17, 15) is 17.6 Å². The van der Waals surface area contributed by atoms with Gasteiger partial charge in [-0.15, -0.1) is 10.2 Å². The first-order valence-electron chi connectivity index (χ1n) is 11.3. The second-order valence-corrected chi connectivity index (χ2v) is 10.3. The highest BCUT2D eigenvalue weighted by atomic mass is 32.2. The fourth-order valence-corrected chi connectivity index (χ4v) is 5.87. The number of pyridine rings is 1. The number of benzene rings is 1. The highest BCUT2D eigenvalue weighted by molar-refractivity contribution is 7.99. The average Bonchev–Trinajstić information content (AvgIpc) is 3.14. The molecule has 0 amide bonds. The lowest BCUT2D eigenvalue weighted by Gasteiger charge is -2.16. The lowest BCUT2D eigenvalue weighted by Crippen LogP contribution is -2.23. The zero-order valence-corrected chi connectivity index (χ0v) is 19.5. The summed E-state index contributed by atoms with van der Waals surface area (Å²) in [6, 6.07) is 6.79. The summed E-state index contributed by atoms with van der Waals surface area (Å²) < 4.78 is 54.9. The lowest BCUT2D eigenvalue weighted by molar-refractivity contribution is -0.137. The fraction of sp³-hybridized carbons (Fsp3) is 0.458. The standard InChI is InChI=1S/C24H25F4N5S/c1-32-21(16-4-2-8-29-14-16)30-31-22(32)34-11-3-9-33-10-7-23(15-33)13-19(23)18-6-5-17(12-20(18)25)24(26,27)28/h2,4-6,8,12,14,19H,3,7,9-11,13,15H2,1H3. The molecule has 2 fully saturated rings. The Labute approximate surface area is 199 Å². The van der Waals surface area contributed by atoms with Gasteiger partial charge in [-0.25, -0.2) is 4.39 Å². The zero-order chi connectivity index (χ0) is 23.9. The molecule has 1 aromatic carbocycles. The number of hydrogen-bond donors (Lipinski definition) is 0. The molecule has 3 aromatic rings. The van der Waals surface area contributed by atoms with Crippen molar-refractivity contribution in [3.63, 3.8) is 0 Å². The van der Waals surface area contributed by atoms with Crippen LogP contribution in [-0.2, 0) is 13.2 Å². The molecule has 10 heteroatoms. The molecule has 5 rings (SSSR count). The van der Waals surface area contributed by atoms with E-state index in [-0.39, 0.29) is 11.3 Å². The van der Waals surface area contributed by atoms with Crippen LogP contribution < -0.4 is 0 Å². The minimum absolute atomic E-state index is 0.00987. The molecule has 0 N–H and O–H groups in total. The number of alkyl halides is 3. The van der Waals surface area contributed by atoms with Gasteiger partial charge >= 0.3 is 6.18 Å². The fourth-order valence-electron chi connectivity index (χ4n) is 5.04. The van der Waals surface area contributed by atoms with Gasteiger partial charge in [0.15, 0.2) is 11.0 Å². The first kappa shape index (κ1) is 23.3. The Bertz CT molecular complexity index is 1170. The van der Waals surface area contributed by atoms with Gasteiger partial charge in [-0.3, -0.25) is 4.98 Å². The van der Waals surface area contributed by atoms with Crippen molar-refractivity contribution in [3.8, 4) is 11.4 Å². The van der Waals surface area contributed by atoms with Gasteiger partial charge in [0.1, 0.15) is 5.82 Å². The Hall–Kier alpha value is -2.46. The molecule has 0 bridgehead atoms. The number of halogens is 4. The predicted octanol–water partition coefficient (Wildman–Crippen LogP) is 5.40. The summed E-state index contributed by atoms with van der Waals surface area (Å²) in [7, 11) is 1.95. The van der Waals surface area contributed by atoms with Crippen LogP contribution in [0.5, 0.6) is 0 Å². The van der Waals surface area contributed by atoms with E-state index >= 15 is 0 Å². The third kappa shape index (κ3) is 4.57. The van der Waals surface area contributed by atoms with Gasteiger partial charge < -0.3 is 9.47 Å². The SMILES string of the molecule is Cn1c(SCCCN2CCC3(CC3c3ccc(C(F)(F)F)cc3F)C2)nnc1-c1cccnc1. The maximum atomic E-state index is 14.4. The van der Waals surface area contributed by atoms with Crippen molar-refractivity contribution in [2.75, 3.05) is 25.4 Å². The van der Waals surface area contributed by atoms with Crippen LogP contribution in [0.1, 0.15) is 36.3 Å². The molecule has 2 aliphatic rings. The Kier molecular flexibility index (Phi) is 6.14. The zero-order valence-electron chi connectivity index (χ0n) is 18.7. The molecule has 1 spiro atoms. The van der Waals surface area contributed by atoms with Crippen LogP contribution in [0.4, 0.5) is 17.6 Å². The molecule has 5 nitrogen and oxygen atoms in total. The number of rotatable bonds is 7. The van der Waals surface area contributed by atoms with Crippen molar-refractivity contribution in [3.05, 3.63) is 59.7 Å². The van der Waals surface area contributed by atoms with Gasteiger partial charge in [-0.05, 0) is 73.5 Å². The first-order chi connectivity index (χ1) is 16.3. The number of aromatic nitrogens is 4. The lowest BCUT2D eigenvalue weighted by atomic mass is 9.97. The number of likely N-dealkylation sites (tertiary alicyclic amines) is 1. The normalized spacial score (nSPS) is 22.6. The third-order valence-electron chi connectivity index (χ3n) is 6.96. The number of thioether (sulfide) groups is 1. The molecular formula is C24H25F4N5S. The van der Waals surface area contributed by atoms with E-state index in [1.165, 1.54) is 6.07 Å². The molecule has 1 aliphatic carbocycles. The Morgan fingerprint density at radius 1 is 1.21 bits per heavy atom. The van der Waals surface area contributed by atoms with Crippen LogP contribution in [0.2, 0.25) is 0 Å². The smallest absolute Gasteiger partial charge is 0.305 e. The van der Waals surface area contributed by atoms with E-state index in [4.69, 9.17) is 0 Å². The summed E-state index contributed by atoms with van der Waals surface area (Å²) >= 11 is 1.66. The summed E-state index contributed by atoms with van der Waals surface area (Å²) in [4.78, 5) is 6.52. The molecule has 1 aliphatic heterocycles. The highest BCUT2D eigenvalue weighted by Crippen LogP contribution is 2.64. The second kappa shape index (κ2) is 8.96. The van der Waals surface area contributed by atoms with Crippen LogP contribution in [0.25, 0.3) is 11.4 Å². The maximum Gasteiger partial charge on any atom is 0.416 e. The maximum absolute atomic E-state index is 14.4. The molecule has 2 unspecified atom stereocenters. The monoisotopic (exact) mass is 491 g/mol. The van der Waals surface area contributed by atoms with Crippen LogP contribution in [-0.4, -0.2) is 50.0 Å². The summed E-state index contributed by atoms with van der Waals surface area (Å²) in [5.41, 5.74) is 0.437. The van der Waals surface area contributed by atoms with Gasteiger partial charge in [0.05, 0.1) is 5.56 Å². The predicted molar refractivity (Wildman–Crippen MR) is 122 cm³/mol. The van der Waals surface area contributed by atoms with Gasteiger partial charge in [-0.1, -0.05) is 17.8 Å². The van der Waals surface area contributed by atoms with E-state index in [0.717, 1.165) is 67.3 Å². The molecular weight excluding hydrogens is 466 g/mol. The molecule has 1 saturated carbocycles. The van der Waals surface area contributed by atoms with E-state index in [2.05, 4.69) is 20.1 Å². The molecule has 0 radical (unpaired) electrons. The minimum atomic E-state index is -4.52. The van der Waals surface area contributed by atoms with Gasteiger partial charge in [-0.2, -0.15) is 13.2 Å². The molecule has 2 atom stereocenters. The van der Waals surface area contributed by atoms with Crippen molar-refractivity contribution in [2.45, 2.75) is 36.5 Å². The molecule has 180 valence electrons. The van der Waals surface area contributed by atoms with E-state index in [0.29, 0.717) is 11.6 Å². The van der Waals surface area contributed by atoms with Gasteiger partial charge in [0, 0.05) is 37.3 Å². The summed E-state index contributed by atoms with van der Waals surface area (Å²) in [6.07, 6.45) is 1.76. The quantitative estimate of drug-likeness (QED) is 0.252. The van der Waals surface area contributed by atoms with E-state index in [1.807, 2.05) is 23.7 Å². The Balaban J connectivity index is 1.11. The van der Waals surface area contributed by atoms with Crippen molar-refractivity contribution in [2.24, 2.45) is 12.5 Å². The largest absolute Gasteiger partial charge is 0.416 e. The molecule has 2 aromatic heterocycles. The van der Waals surface area contributed by atoms with Crippen molar-refractivity contribution >= 4 is 11.8 Å². The summed E-state index contributed by atoms with van der Waals surface area (Å²) in [6.45, 7) is 2.75. The Morgan fingerprint density at radius 2 is 2.06 bits per heavy atom. The highest BCUT2D eigenvalue weighted by Gasteiger charge is 2.58. The average molecular weight is 492 g/mol. The molecule has 34 heavy (non-hydrogen) atoms. The van der Waals surface area contributed by atoms with Crippen molar-refractivity contribution in [1.29, 1.82) is 0 Å². The third-order valence-corrected chi connectivity index (χ3v) is 8.07. The van der Waals surface area contributed by atoms with Crippen LogP contribution >= 0.6 is 11.8 Å². The van der Waals surface area contributed by atoms with Crippen LogP contribution in [0.15, 0.2) is 47.9 Å². The number of nitrogens with zero attached hydrogens (tertiary/aromatic N) is 5.